The number of amides is 2. The van der Waals surface area contributed by atoms with E-state index in [1.165, 1.54) is 27.2 Å². The average molecular weight is 735 g/mol. The molecule has 0 unspecified atom stereocenters. The van der Waals surface area contributed by atoms with Crippen LogP contribution in [0.2, 0.25) is 0 Å². The Kier molecular flexibility index (Phi) is 8.08. The number of benzene rings is 8. The van der Waals surface area contributed by atoms with E-state index in [9.17, 15) is 0 Å². The number of aromatic nitrogens is 1. The predicted molar refractivity (Wildman–Crippen MR) is 234 cm³/mol. The Hall–Kier alpha value is -7.30. The summed E-state index contributed by atoms with van der Waals surface area (Å²) in [5, 5.41) is 2.17. The van der Waals surface area contributed by atoms with E-state index in [0.717, 1.165) is 60.8 Å². The van der Waals surface area contributed by atoms with Gasteiger partial charge >= 0.3 is 0 Å². The fourth-order valence-corrected chi connectivity index (χ4v) is 9.08. The number of anilines is 1. The number of fused-ring (bicyclic) bond motifs is 4. The minimum atomic E-state index is -0.349. The first-order valence-electron chi connectivity index (χ1n) is 19.4. The second kappa shape index (κ2) is 13.5. The van der Waals surface area contributed by atoms with E-state index < -0.39 is 0 Å². The monoisotopic (exact) mass is 734 g/mol. The normalized spacial score (nSPS) is 12.5. The van der Waals surface area contributed by atoms with Gasteiger partial charge in [-0.3, -0.25) is 9.59 Å². The van der Waals surface area contributed by atoms with Crippen molar-refractivity contribution in [2.75, 3.05) is 4.90 Å². The number of rotatable bonds is 6. The molecule has 10 rings (SSSR count). The van der Waals surface area contributed by atoms with Gasteiger partial charge in [-0.1, -0.05) is 151 Å². The van der Waals surface area contributed by atoms with Crippen molar-refractivity contribution in [1.82, 2.24) is 4.57 Å². The zero-order valence-electron chi connectivity index (χ0n) is 32.0. The second-order valence-corrected chi connectivity index (χ2v) is 15.0. The fourth-order valence-electron chi connectivity index (χ4n) is 9.08. The smallest absolute Gasteiger partial charge is 0.268 e. The maximum absolute atomic E-state index is 15.5. The third-order valence-corrected chi connectivity index (χ3v) is 11.4. The molecule has 4 nitrogen and oxygen atoms in total. The minimum absolute atomic E-state index is 0.343. The summed E-state index contributed by atoms with van der Waals surface area (Å²) in [5.41, 5.74) is 15.3. The molecule has 0 atom stereocenters. The Labute approximate surface area is 331 Å². The maximum Gasteiger partial charge on any atom is 0.268 e. The summed E-state index contributed by atoms with van der Waals surface area (Å²) in [6.45, 7) is 6.46. The molecule has 0 aliphatic carbocycles. The summed E-state index contributed by atoms with van der Waals surface area (Å²) in [7, 11) is 0. The van der Waals surface area contributed by atoms with Crippen molar-refractivity contribution in [3.63, 3.8) is 0 Å². The fraction of sp³-hybridized carbons (Fsp3) is 0.0566. The SMILES string of the molecule is Cc1cc(C)c(-c2cccc3c4ccccc4n(-c4cccc5c4C(=O)N(c4c(-c6ccccc6)cc(-c6ccccc6)cc4-c4ccccc4)C5=O)c23)c(C)c1. The Bertz CT molecular complexity index is 2990. The summed E-state index contributed by atoms with van der Waals surface area (Å²) in [6, 6.07) is 59.5. The van der Waals surface area contributed by atoms with Crippen LogP contribution in [0, 0.1) is 20.8 Å². The lowest BCUT2D eigenvalue weighted by Gasteiger charge is -2.24. The second-order valence-electron chi connectivity index (χ2n) is 15.0. The number of carbonyl (C=O) groups is 2. The van der Waals surface area contributed by atoms with Crippen molar-refractivity contribution in [1.29, 1.82) is 0 Å². The molecule has 0 bridgehead atoms. The van der Waals surface area contributed by atoms with E-state index in [1.54, 1.807) is 6.07 Å². The van der Waals surface area contributed by atoms with Crippen molar-refractivity contribution < 1.29 is 9.59 Å². The van der Waals surface area contributed by atoms with Gasteiger partial charge in [-0.05, 0) is 90.0 Å². The van der Waals surface area contributed by atoms with E-state index in [4.69, 9.17) is 0 Å². The van der Waals surface area contributed by atoms with Gasteiger partial charge < -0.3 is 4.57 Å². The molecule has 2 heterocycles. The number of hydrogen-bond acceptors (Lipinski definition) is 2. The molecule has 0 spiro atoms. The average Bonchev–Trinajstić information content (AvgIpc) is 3.71. The van der Waals surface area contributed by atoms with Crippen LogP contribution in [0.25, 0.3) is 72.0 Å². The highest BCUT2D eigenvalue weighted by Crippen LogP contribution is 2.47. The lowest BCUT2D eigenvalue weighted by Crippen LogP contribution is -2.30. The summed E-state index contributed by atoms with van der Waals surface area (Å²) >= 11 is 0. The van der Waals surface area contributed by atoms with Gasteiger partial charge in [-0.2, -0.15) is 0 Å². The van der Waals surface area contributed by atoms with E-state index in [0.29, 0.717) is 22.5 Å². The molecule has 9 aromatic rings. The van der Waals surface area contributed by atoms with Gasteiger partial charge in [0.15, 0.2) is 0 Å². The van der Waals surface area contributed by atoms with Crippen LogP contribution >= 0.6 is 0 Å². The first-order chi connectivity index (χ1) is 27.9. The highest BCUT2D eigenvalue weighted by molar-refractivity contribution is 6.37. The zero-order valence-corrected chi connectivity index (χ0v) is 32.0. The number of carbonyl (C=O) groups excluding carboxylic acids is 2. The highest BCUT2D eigenvalue weighted by atomic mass is 16.2. The first-order valence-corrected chi connectivity index (χ1v) is 19.4. The van der Waals surface area contributed by atoms with Crippen molar-refractivity contribution in [3.05, 3.63) is 204 Å². The summed E-state index contributed by atoms with van der Waals surface area (Å²) < 4.78 is 2.21. The minimum Gasteiger partial charge on any atom is -0.308 e. The van der Waals surface area contributed by atoms with Crippen LogP contribution in [0.1, 0.15) is 37.4 Å². The molecular weight excluding hydrogens is 697 g/mol. The van der Waals surface area contributed by atoms with Crippen LogP contribution < -0.4 is 4.90 Å². The van der Waals surface area contributed by atoms with Gasteiger partial charge in [-0.15, -0.1) is 0 Å². The molecule has 4 heteroatoms. The summed E-state index contributed by atoms with van der Waals surface area (Å²) in [4.78, 5) is 32.0. The molecular formula is C53H38N2O2. The Morgan fingerprint density at radius 3 is 1.56 bits per heavy atom. The number of hydrogen-bond donors (Lipinski definition) is 0. The quantitative estimate of drug-likeness (QED) is 0.160. The van der Waals surface area contributed by atoms with Crippen molar-refractivity contribution >= 4 is 39.3 Å². The topological polar surface area (TPSA) is 42.3 Å². The zero-order chi connectivity index (χ0) is 38.8. The van der Waals surface area contributed by atoms with Crippen molar-refractivity contribution in [2.45, 2.75) is 20.8 Å². The van der Waals surface area contributed by atoms with E-state index in [2.05, 4.69) is 98.1 Å². The van der Waals surface area contributed by atoms with Gasteiger partial charge in [0.2, 0.25) is 0 Å². The number of nitrogens with zero attached hydrogens (tertiary/aromatic N) is 2. The van der Waals surface area contributed by atoms with Gasteiger partial charge in [0.05, 0.1) is 33.5 Å². The van der Waals surface area contributed by atoms with Gasteiger partial charge in [0, 0.05) is 27.5 Å². The Morgan fingerprint density at radius 1 is 0.404 bits per heavy atom. The van der Waals surface area contributed by atoms with Crippen LogP contribution in [-0.2, 0) is 0 Å². The van der Waals surface area contributed by atoms with Crippen molar-refractivity contribution in [3.8, 4) is 50.2 Å². The summed E-state index contributed by atoms with van der Waals surface area (Å²) in [6.07, 6.45) is 0. The standard InChI is InChI=1S/C53H38N2O2/c1-33-29-34(2)48(35(3)30-33)42-25-15-24-41-40-23-13-14-27-46(40)54(50(41)42)47-28-16-26-43-49(47)53(57)55(52(43)56)51-44(37-19-9-5-10-20-37)31-39(36-17-7-4-8-18-36)32-45(51)38-21-11-6-12-22-38/h4-32H,1-3H3. The van der Waals surface area contributed by atoms with Crippen molar-refractivity contribution in [2.24, 2.45) is 0 Å². The molecule has 2 amide bonds. The molecule has 0 fully saturated rings. The molecule has 57 heavy (non-hydrogen) atoms. The largest absolute Gasteiger partial charge is 0.308 e. The first kappa shape index (κ1) is 34.2. The predicted octanol–water partition coefficient (Wildman–Crippen LogP) is 13.2. The van der Waals surface area contributed by atoms with Gasteiger partial charge in [0.1, 0.15) is 0 Å². The van der Waals surface area contributed by atoms with Crippen LogP contribution in [0.3, 0.4) is 0 Å². The van der Waals surface area contributed by atoms with Crippen LogP contribution in [0.4, 0.5) is 5.69 Å². The number of aryl methyl sites for hydroxylation is 3. The lowest BCUT2D eigenvalue weighted by molar-refractivity contribution is 0.0926. The molecule has 0 saturated carbocycles. The molecule has 1 aliphatic rings. The lowest BCUT2D eigenvalue weighted by atomic mass is 9.90. The van der Waals surface area contributed by atoms with E-state index in [1.807, 2.05) is 97.1 Å². The molecule has 1 aromatic heterocycles. The molecule has 0 radical (unpaired) electrons. The maximum atomic E-state index is 15.5. The molecule has 1 aliphatic heterocycles. The van der Waals surface area contributed by atoms with E-state index in [-0.39, 0.29) is 11.8 Å². The van der Waals surface area contributed by atoms with Gasteiger partial charge in [-0.25, -0.2) is 4.90 Å². The molecule has 0 N–H and O–H groups in total. The van der Waals surface area contributed by atoms with Crippen LogP contribution in [-0.4, -0.2) is 16.4 Å². The Morgan fingerprint density at radius 2 is 0.930 bits per heavy atom. The third kappa shape index (κ3) is 5.44. The Balaban J connectivity index is 1.25. The highest BCUT2D eigenvalue weighted by Gasteiger charge is 2.42. The van der Waals surface area contributed by atoms with Crippen LogP contribution in [0.5, 0.6) is 0 Å². The number of imide groups is 1. The summed E-state index contributed by atoms with van der Waals surface area (Å²) in [5.74, 6) is -0.691. The van der Waals surface area contributed by atoms with E-state index >= 15 is 9.59 Å². The third-order valence-electron chi connectivity index (χ3n) is 11.4. The van der Waals surface area contributed by atoms with Crippen LogP contribution in [0.15, 0.2) is 176 Å². The molecule has 0 saturated heterocycles. The van der Waals surface area contributed by atoms with Gasteiger partial charge in [0.25, 0.3) is 11.8 Å². The number of para-hydroxylation sites is 2. The molecule has 272 valence electrons. The molecule has 8 aromatic carbocycles.